The number of hydrogen-bond donors (Lipinski definition) is 1. The van der Waals surface area contributed by atoms with Gasteiger partial charge in [0.05, 0.1) is 6.54 Å². The average Bonchev–Trinajstić information content (AvgIpc) is 2.54. The van der Waals surface area contributed by atoms with Crippen molar-refractivity contribution in [1.29, 1.82) is 0 Å². The van der Waals surface area contributed by atoms with E-state index < -0.39 is 5.54 Å². The quantitative estimate of drug-likeness (QED) is 0.862. The molecule has 22 heavy (non-hydrogen) atoms. The van der Waals surface area contributed by atoms with Crippen LogP contribution >= 0.6 is 0 Å². The van der Waals surface area contributed by atoms with E-state index in [0.29, 0.717) is 19.5 Å². The molecule has 118 valence electrons. The fraction of sp³-hybridized carbons (Fsp3) is 0.412. The summed E-state index contributed by atoms with van der Waals surface area (Å²) >= 11 is 0. The zero-order valence-electron chi connectivity index (χ0n) is 13.2. The lowest BCUT2D eigenvalue weighted by Crippen LogP contribution is -2.62. The van der Waals surface area contributed by atoms with E-state index in [1.54, 1.807) is 23.9 Å². The van der Waals surface area contributed by atoms with Crippen LogP contribution in [0.3, 0.4) is 0 Å². The maximum Gasteiger partial charge on any atom is 0.249 e. The Bertz CT molecular complexity index is 556. The van der Waals surface area contributed by atoms with Crippen LogP contribution in [0.1, 0.15) is 12.8 Å². The van der Waals surface area contributed by atoms with Crippen molar-refractivity contribution >= 4 is 17.5 Å². The third-order valence-electron chi connectivity index (χ3n) is 3.95. The van der Waals surface area contributed by atoms with Crippen molar-refractivity contribution in [1.82, 2.24) is 9.80 Å². The SMILES string of the molecule is C=CC(=O)N1CCCC(Nc2ccccc2)(C(=O)N(C)C)C1. The van der Waals surface area contributed by atoms with Gasteiger partial charge in [-0.1, -0.05) is 24.8 Å². The first-order chi connectivity index (χ1) is 10.5. The standard InChI is InChI=1S/C17H23N3O2/c1-4-15(21)20-12-8-11-17(13-20,16(22)19(2)3)18-14-9-6-5-7-10-14/h4-7,9-10,18H,1,8,11-13H2,2-3H3. The van der Waals surface area contributed by atoms with Gasteiger partial charge in [-0.3, -0.25) is 9.59 Å². The number of para-hydroxylation sites is 1. The number of carbonyl (C=O) groups is 2. The van der Waals surface area contributed by atoms with Crippen LogP contribution in [0.4, 0.5) is 5.69 Å². The molecule has 1 unspecified atom stereocenters. The van der Waals surface area contributed by atoms with Gasteiger partial charge < -0.3 is 15.1 Å². The summed E-state index contributed by atoms with van der Waals surface area (Å²) < 4.78 is 0. The summed E-state index contributed by atoms with van der Waals surface area (Å²) in [7, 11) is 3.48. The Kier molecular flexibility index (Phi) is 4.85. The fourth-order valence-corrected chi connectivity index (χ4v) is 2.93. The van der Waals surface area contributed by atoms with E-state index in [0.717, 1.165) is 12.1 Å². The minimum absolute atomic E-state index is 0.0158. The van der Waals surface area contributed by atoms with E-state index in [2.05, 4.69) is 11.9 Å². The second-order valence-corrected chi connectivity index (χ2v) is 5.84. The Labute approximate surface area is 131 Å². The zero-order chi connectivity index (χ0) is 16.2. The monoisotopic (exact) mass is 301 g/mol. The number of hydrogen-bond acceptors (Lipinski definition) is 3. The van der Waals surface area contributed by atoms with E-state index in [1.807, 2.05) is 30.3 Å². The highest BCUT2D eigenvalue weighted by molar-refractivity contribution is 5.92. The maximum absolute atomic E-state index is 12.8. The van der Waals surface area contributed by atoms with Gasteiger partial charge in [-0.25, -0.2) is 0 Å². The Balaban J connectivity index is 2.31. The highest BCUT2D eigenvalue weighted by Gasteiger charge is 2.44. The Morgan fingerprint density at radius 3 is 2.59 bits per heavy atom. The second kappa shape index (κ2) is 6.64. The van der Waals surface area contributed by atoms with Crippen LogP contribution in [0.15, 0.2) is 43.0 Å². The van der Waals surface area contributed by atoms with E-state index in [-0.39, 0.29) is 11.8 Å². The molecule has 1 saturated heterocycles. The van der Waals surface area contributed by atoms with Gasteiger partial charge in [-0.15, -0.1) is 0 Å². The van der Waals surface area contributed by atoms with Gasteiger partial charge in [0.25, 0.3) is 0 Å². The van der Waals surface area contributed by atoms with Gasteiger partial charge in [0.15, 0.2) is 0 Å². The molecule has 1 N–H and O–H groups in total. The summed E-state index contributed by atoms with van der Waals surface area (Å²) in [6.45, 7) is 4.55. The lowest BCUT2D eigenvalue weighted by molar-refractivity contribution is -0.138. The number of rotatable bonds is 4. The van der Waals surface area contributed by atoms with Crippen LogP contribution in [0, 0.1) is 0 Å². The molecular weight excluding hydrogens is 278 g/mol. The summed E-state index contributed by atoms with van der Waals surface area (Å²) in [5, 5.41) is 3.37. The first kappa shape index (κ1) is 16.1. The molecule has 1 fully saturated rings. The predicted octanol–water partition coefficient (Wildman–Crippen LogP) is 1.73. The first-order valence-electron chi connectivity index (χ1n) is 7.45. The third-order valence-corrected chi connectivity index (χ3v) is 3.95. The molecule has 0 saturated carbocycles. The van der Waals surface area contributed by atoms with Gasteiger partial charge in [-0.2, -0.15) is 0 Å². The Hall–Kier alpha value is -2.30. The average molecular weight is 301 g/mol. The van der Waals surface area contributed by atoms with Crippen molar-refractivity contribution in [2.45, 2.75) is 18.4 Å². The number of carbonyl (C=O) groups excluding carboxylic acids is 2. The Morgan fingerprint density at radius 1 is 1.32 bits per heavy atom. The molecule has 0 bridgehead atoms. The van der Waals surface area contributed by atoms with Crippen LogP contribution in [-0.4, -0.2) is 54.3 Å². The molecular formula is C17H23N3O2. The van der Waals surface area contributed by atoms with E-state index in [1.165, 1.54) is 6.08 Å². The van der Waals surface area contributed by atoms with Crippen molar-refractivity contribution in [2.24, 2.45) is 0 Å². The summed E-state index contributed by atoms with van der Waals surface area (Å²) in [5.74, 6) is -0.150. The van der Waals surface area contributed by atoms with Crippen molar-refractivity contribution in [2.75, 3.05) is 32.5 Å². The largest absolute Gasteiger partial charge is 0.370 e. The number of likely N-dealkylation sites (N-methyl/N-ethyl adjacent to an activating group) is 1. The number of benzene rings is 1. The normalized spacial score (nSPS) is 21.1. The maximum atomic E-state index is 12.8. The van der Waals surface area contributed by atoms with E-state index in [4.69, 9.17) is 0 Å². The number of nitrogens with zero attached hydrogens (tertiary/aromatic N) is 2. The van der Waals surface area contributed by atoms with Crippen molar-refractivity contribution < 1.29 is 9.59 Å². The number of nitrogens with one attached hydrogen (secondary N) is 1. The summed E-state index contributed by atoms with van der Waals surface area (Å²) in [4.78, 5) is 28.0. The highest BCUT2D eigenvalue weighted by atomic mass is 16.2. The molecule has 1 aromatic carbocycles. The smallest absolute Gasteiger partial charge is 0.249 e. The Morgan fingerprint density at radius 2 is 2.00 bits per heavy atom. The summed E-state index contributed by atoms with van der Waals surface area (Å²) in [6.07, 6.45) is 2.78. The molecule has 5 heteroatoms. The number of anilines is 1. The first-order valence-corrected chi connectivity index (χ1v) is 7.45. The molecule has 0 radical (unpaired) electrons. The van der Waals surface area contributed by atoms with E-state index in [9.17, 15) is 9.59 Å². The fourth-order valence-electron chi connectivity index (χ4n) is 2.93. The van der Waals surface area contributed by atoms with Crippen LogP contribution in [-0.2, 0) is 9.59 Å². The topological polar surface area (TPSA) is 52.7 Å². The highest BCUT2D eigenvalue weighted by Crippen LogP contribution is 2.28. The molecule has 1 aromatic rings. The number of piperidine rings is 1. The predicted molar refractivity (Wildman–Crippen MR) is 87.5 cm³/mol. The molecule has 2 amide bonds. The second-order valence-electron chi connectivity index (χ2n) is 5.84. The molecule has 1 aliphatic rings. The van der Waals surface area contributed by atoms with E-state index >= 15 is 0 Å². The van der Waals surface area contributed by atoms with Gasteiger partial charge in [-0.05, 0) is 31.1 Å². The minimum atomic E-state index is -0.790. The molecule has 0 spiro atoms. The number of likely N-dealkylation sites (tertiary alicyclic amines) is 1. The lowest BCUT2D eigenvalue weighted by atomic mass is 9.87. The van der Waals surface area contributed by atoms with Crippen LogP contribution in [0.5, 0.6) is 0 Å². The van der Waals surface area contributed by atoms with Crippen LogP contribution in [0.2, 0.25) is 0 Å². The van der Waals surface area contributed by atoms with Gasteiger partial charge in [0.1, 0.15) is 5.54 Å². The minimum Gasteiger partial charge on any atom is -0.370 e. The molecule has 5 nitrogen and oxygen atoms in total. The molecule has 0 aliphatic carbocycles. The number of amides is 2. The van der Waals surface area contributed by atoms with Gasteiger partial charge in [0.2, 0.25) is 11.8 Å². The summed E-state index contributed by atoms with van der Waals surface area (Å²) in [6, 6.07) is 9.63. The molecule has 1 heterocycles. The molecule has 1 atom stereocenters. The van der Waals surface area contributed by atoms with Crippen LogP contribution in [0.25, 0.3) is 0 Å². The molecule has 1 aliphatic heterocycles. The third kappa shape index (κ3) is 3.30. The van der Waals surface area contributed by atoms with Gasteiger partial charge in [0, 0.05) is 26.3 Å². The van der Waals surface area contributed by atoms with Crippen molar-refractivity contribution in [3.63, 3.8) is 0 Å². The molecule has 0 aromatic heterocycles. The lowest BCUT2D eigenvalue weighted by Gasteiger charge is -2.43. The van der Waals surface area contributed by atoms with Crippen molar-refractivity contribution in [3.05, 3.63) is 43.0 Å². The zero-order valence-corrected chi connectivity index (χ0v) is 13.2. The van der Waals surface area contributed by atoms with Crippen LogP contribution < -0.4 is 5.32 Å². The van der Waals surface area contributed by atoms with Crippen molar-refractivity contribution in [3.8, 4) is 0 Å². The molecule has 2 rings (SSSR count). The van der Waals surface area contributed by atoms with Gasteiger partial charge >= 0.3 is 0 Å². The summed E-state index contributed by atoms with van der Waals surface area (Å²) in [5.41, 5.74) is 0.0903.